The molecule has 0 aliphatic rings. The summed E-state index contributed by atoms with van der Waals surface area (Å²) in [6.07, 6.45) is 0.878. The maximum Gasteiger partial charge on any atom is 0.251 e. The third-order valence-corrected chi connectivity index (χ3v) is 2.52. The molecular formula is C14H12F3NO. The number of ether oxygens (including phenoxy) is 1. The Morgan fingerprint density at radius 1 is 1.05 bits per heavy atom. The van der Waals surface area contributed by atoms with Crippen molar-refractivity contribution in [2.75, 3.05) is 6.61 Å². The molecule has 2 nitrogen and oxygen atoms in total. The molecule has 0 atom stereocenters. The zero-order chi connectivity index (χ0) is 13.8. The zero-order valence-corrected chi connectivity index (χ0v) is 10.3. The molecule has 0 spiro atoms. The van der Waals surface area contributed by atoms with E-state index in [1.807, 2.05) is 6.92 Å². The molecule has 0 unspecified atom stereocenters. The molecule has 100 valence electrons. The molecule has 0 N–H and O–H groups in total. The molecular weight excluding hydrogens is 255 g/mol. The molecule has 0 aliphatic heterocycles. The van der Waals surface area contributed by atoms with E-state index in [9.17, 15) is 13.2 Å². The number of nitrogens with zero attached hydrogens (tertiary/aromatic N) is 1. The third kappa shape index (κ3) is 3.05. The minimum Gasteiger partial charge on any atom is -0.494 e. The first-order chi connectivity index (χ1) is 9.11. The van der Waals surface area contributed by atoms with Crippen molar-refractivity contribution in [3.8, 4) is 16.9 Å². The Bertz CT molecular complexity index is 570. The van der Waals surface area contributed by atoms with Crippen LogP contribution in [-0.2, 0) is 0 Å². The first kappa shape index (κ1) is 13.4. The van der Waals surface area contributed by atoms with Gasteiger partial charge in [-0.15, -0.1) is 0 Å². The topological polar surface area (TPSA) is 22.1 Å². The van der Waals surface area contributed by atoms with Crippen LogP contribution in [0, 0.1) is 17.7 Å². The van der Waals surface area contributed by atoms with Crippen LogP contribution in [0.1, 0.15) is 13.3 Å². The lowest BCUT2D eigenvalue weighted by atomic mass is 10.1. The SMILES string of the molecule is CCCOc1ccc(-c2cc(F)c(F)nc2F)cc1. The van der Waals surface area contributed by atoms with Gasteiger partial charge >= 0.3 is 0 Å². The first-order valence-electron chi connectivity index (χ1n) is 5.86. The van der Waals surface area contributed by atoms with Crippen molar-refractivity contribution < 1.29 is 17.9 Å². The highest BCUT2D eigenvalue weighted by atomic mass is 19.2. The van der Waals surface area contributed by atoms with Crippen molar-refractivity contribution in [2.24, 2.45) is 0 Å². The summed E-state index contributed by atoms with van der Waals surface area (Å²) in [5, 5.41) is 0. The van der Waals surface area contributed by atoms with Crippen LogP contribution in [0.3, 0.4) is 0 Å². The number of benzene rings is 1. The molecule has 1 heterocycles. The van der Waals surface area contributed by atoms with Crippen LogP contribution in [0.15, 0.2) is 30.3 Å². The van der Waals surface area contributed by atoms with Gasteiger partial charge in [0.1, 0.15) is 5.75 Å². The van der Waals surface area contributed by atoms with Gasteiger partial charge in [-0.2, -0.15) is 13.8 Å². The summed E-state index contributed by atoms with van der Waals surface area (Å²) < 4.78 is 44.6. The van der Waals surface area contributed by atoms with Crippen LogP contribution in [0.2, 0.25) is 0 Å². The molecule has 0 aliphatic carbocycles. The summed E-state index contributed by atoms with van der Waals surface area (Å²) in [4.78, 5) is 2.88. The molecule has 2 aromatic rings. The number of hydrogen-bond acceptors (Lipinski definition) is 2. The van der Waals surface area contributed by atoms with Crippen molar-refractivity contribution in [1.29, 1.82) is 0 Å². The van der Waals surface area contributed by atoms with Gasteiger partial charge in [-0.25, -0.2) is 4.39 Å². The van der Waals surface area contributed by atoms with Crippen molar-refractivity contribution in [1.82, 2.24) is 4.98 Å². The Balaban J connectivity index is 2.29. The number of hydrogen-bond donors (Lipinski definition) is 0. The largest absolute Gasteiger partial charge is 0.494 e. The molecule has 5 heteroatoms. The summed E-state index contributed by atoms with van der Waals surface area (Å²) in [5.74, 6) is -3.02. The Morgan fingerprint density at radius 3 is 2.37 bits per heavy atom. The molecule has 0 bridgehead atoms. The van der Waals surface area contributed by atoms with Crippen molar-refractivity contribution in [2.45, 2.75) is 13.3 Å². The van der Waals surface area contributed by atoms with Gasteiger partial charge in [0.2, 0.25) is 5.95 Å². The number of pyridine rings is 1. The summed E-state index contributed by atoms with van der Waals surface area (Å²) in [5.41, 5.74) is 0.327. The van der Waals surface area contributed by atoms with E-state index in [0.717, 1.165) is 12.5 Å². The Morgan fingerprint density at radius 2 is 1.74 bits per heavy atom. The molecule has 19 heavy (non-hydrogen) atoms. The van der Waals surface area contributed by atoms with E-state index < -0.39 is 17.7 Å². The fraction of sp³-hybridized carbons (Fsp3) is 0.214. The van der Waals surface area contributed by atoms with E-state index in [2.05, 4.69) is 4.98 Å². The molecule has 2 rings (SSSR count). The van der Waals surface area contributed by atoms with Crippen LogP contribution in [-0.4, -0.2) is 11.6 Å². The van der Waals surface area contributed by atoms with E-state index in [4.69, 9.17) is 4.74 Å². The number of halogens is 3. The quantitative estimate of drug-likeness (QED) is 0.782. The monoisotopic (exact) mass is 267 g/mol. The molecule has 0 saturated carbocycles. The maximum absolute atomic E-state index is 13.5. The molecule has 1 aromatic heterocycles. The number of rotatable bonds is 4. The van der Waals surface area contributed by atoms with Gasteiger partial charge in [-0.05, 0) is 30.2 Å². The van der Waals surface area contributed by atoms with Crippen molar-refractivity contribution >= 4 is 0 Å². The second kappa shape index (κ2) is 5.73. The van der Waals surface area contributed by atoms with Crippen LogP contribution >= 0.6 is 0 Å². The highest BCUT2D eigenvalue weighted by Crippen LogP contribution is 2.25. The zero-order valence-electron chi connectivity index (χ0n) is 10.3. The minimum atomic E-state index is -1.44. The van der Waals surface area contributed by atoms with Crippen molar-refractivity contribution in [3.63, 3.8) is 0 Å². The highest BCUT2D eigenvalue weighted by Gasteiger charge is 2.13. The van der Waals surface area contributed by atoms with Gasteiger partial charge in [0.15, 0.2) is 5.82 Å². The molecule has 0 fully saturated rings. The summed E-state index contributed by atoms with van der Waals surface area (Å²) >= 11 is 0. The molecule has 0 radical (unpaired) electrons. The lowest BCUT2D eigenvalue weighted by molar-refractivity contribution is 0.317. The van der Waals surface area contributed by atoms with E-state index >= 15 is 0 Å². The summed E-state index contributed by atoms with van der Waals surface area (Å²) in [7, 11) is 0. The Kier molecular flexibility index (Phi) is 4.04. The van der Waals surface area contributed by atoms with E-state index in [0.29, 0.717) is 17.9 Å². The Labute approximate surface area is 108 Å². The maximum atomic E-state index is 13.5. The van der Waals surface area contributed by atoms with Crippen molar-refractivity contribution in [3.05, 3.63) is 48.0 Å². The van der Waals surface area contributed by atoms with Gasteiger partial charge < -0.3 is 4.74 Å². The molecule has 0 amide bonds. The van der Waals surface area contributed by atoms with Gasteiger partial charge in [0.05, 0.1) is 6.61 Å². The van der Waals surface area contributed by atoms with E-state index in [1.54, 1.807) is 24.3 Å². The van der Waals surface area contributed by atoms with E-state index in [-0.39, 0.29) is 5.56 Å². The normalized spacial score (nSPS) is 10.5. The van der Waals surface area contributed by atoms with Crippen LogP contribution in [0.4, 0.5) is 13.2 Å². The molecule has 1 aromatic carbocycles. The number of aromatic nitrogens is 1. The summed E-state index contributed by atoms with van der Waals surface area (Å²) in [6, 6.07) is 7.22. The second-order valence-corrected chi connectivity index (χ2v) is 3.97. The Hall–Kier alpha value is -2.04. The standard InChI is InChI=1S/C14H12F3NO/c1-2-7-19-10-5-3-9(4-6-10)11-8-12(15)14(17)18-13(11)16/h3-6,8H,2,7H2,1H3. The predicted molar refractivity (Wildman–Crippen MR) is 65.3 cm³/mol. The predicted octanol–water partition coefficient (Wildman–Crippen LogP) is 3.95. The first-order valence-corrected chi connectivity index (χ1v) is 5.86. The van der Waals surface area contributed by atoms with E-state index in [1.165, 1.54) is 0 Å². The average molecular weight is 267 g/mol. The van der Waals surface area contributed by atoms with Gasteiger partial charge in [-0.1, -0.05) is 19.1 Å². The van der Waals surface area contributed by atoms with Crippen LogP contribution in [0.5, 0.6) is 5.75 Å². The van der Waals surface area contributed by atoms with Gasteiger partial charge in [0, 0.05) is 5.56 Å². The third-order valence-electron chi connectivity index (χ3n) is 2.52. The summed E-state index contributed by atoms with van der Waals surface area (Å²) in [6.45, 7) is 2.57. The second-order valence-electron chi connectivity index (χ2n) is 3.97. The fourth-order valence-corrected chi connectivity index (χ4v) is 1.60. The van der Waals surface area contributed by atoms with Gasteiger partial charge in [-0.3, -0.25) is 0 Å². The van der Waals surface area contributed by atoms with Gasteiger partial charge in [0.25, 0.3) is 5.95 Å². The van der Waals surface area contributed by atoms with Crippen LogP contribution in [0.25, 0.3) is 11.1 Å². The minimum absolute atomic E-state index is 0.0825. The van der Waals surface area contributed by atoms with Crippen LogP contribution < -0.4 is 4.74 Å². The average Bonchev–Trinajstić information content (AvgIpc) is 2.41. The lowest BCUT2D eigenvalue weighted by Crippen LogP contribution is -1.97. The highest BCUT2D eigenvalue weighted by molar-refractivity contribution is 5.63. The lowest BCUT2D eigenvalue weighted by Gasteiger charge is -2.07. The fourth-order valence-electron chi connectivity index (χ4n) is 1.60. The smallest absolute Gasteiger partial charge is 0.251 e. The molecule has 0 saturated heterocycles.